The normalized spacial score (nSPS) is 10.4. The largest absolute Gasteiger partial charge is 0.508 e. The van der Waals surface area contributed by atoms with Crippen LogP contribution in [0.4, 0.5) is 13.2 Å². The minimum atomic E-state index is -1.51. The second-order valence-electron chi connectivity index (χ2n) is 3.27. The molecule has 1 N–H and O–H groups in total. The van der Waals surface area contributed by atoms with Gasteiger partial charge in [-0.05, 0) is 29.8 Å². The first-order valence-electron chi connectivity index (χ1n) is 4.52. The Balaban J connectivity index is 2.61. The molecule has 0 aliphatic carbocycles. The number of phenols is 1. The molecule has 0 saturated heterocycles. The maximum atomic E-state index is 13.4. The first-order chi connectivity index (χ1) is 7.59. The quantitative estimate of drug-likeness (QED) is 0.735. The number of hydrogen-bond acceptors (Lipinski definition) is 1. The molecule has 16 heavy (non-hydrogen) atoms. The van der Waals surface area contributed by atoms with E-state index in [9.17, 15) is 18.3 Å². The molecule has 0 aliphatic heterocycles. The number of halogens is 3. The lowest BCUT2D eigenvalue weighted by molar-refractivity contribution is 0.449. The molecule has 2 aromatic carbocycles. The van der Waals surface area contributed by atoms with Crippen LogP contribution in [-0.2, 0) is 0 Å². The highest BCUT2D eigenvalue weighted by atomic mass is 19.2. The van der Waals surface area contributed by atoms with Crippen molar-refractivity contribution in [1.82, 2.24) is 0 Å². The van der Waals surface area contributed by atoms with Crippen molar-refractivity contribution < 1.29 is 18.3 Å². The van der Waals surface area contributed by atoms with Crippen molar-refractivity contribution in [3.05, 3.63) is 53.8 Å². The van der Waals surface area contributed by atoms with Crippen molar-refractivity contribution in [1.29, 1.82) is 0 Å². The summed E-state index contributed by atoms with van der Waals surface area (Å²) in [4.78, 5) is 0. The van der Waals surface area contributed by atoms with E-state index in [0.717, 1.165) is 12.1 Å². The van der Waals surface area contributed by atoms with Crippen LogP contribution in [0.3, 0.4) is 0 Å². The Labute approximate surface area is 89.8 Å². The van der Waals surface area contributed by atoms with Crippen LogP contribution in [-0.4, -0.2) is 5.11 Å². The lowest BCUT2D eigenvalue weighted by Gasteiger charge is -2.05. The Hall–Kier alpha value is -1.97. The molecule has 0 amide bonds. The smallest absolute Gasteiger partial charge is 0.195 e. The molecule has 4 heteroatoms. The Morgan fingerprint density at radius 3 is 2.31 bits per heavy atom. The Morgan fingerprint density at radius 2 is 1.62 bits per heavy atom. The maximum absolute atomic E-state index is 13.4. The lowest BCUT2D eigenvalue weighted by Crippen LogP contribution is -1.93. The number of benzene rings is 2. The van der Waals surface area contributed by atoms with Crippen molar-refractivity contribution in [3.63, 3.8) is 0 Å². The average Bonchev–Trinajstić information content (AvgIpc) is 2.26. The first-order valence-corrected chi connectivity index (χ1v) is 4.52. The van der Waals surface area contributed by atoms with Crippen molar-refractivity contribution >= 4 is 0 Å². The summed E-state index contributed by atoms with van der Waals surface area (Å²) in [6, 6.07) is 7.64. The van der Waals surface area contributed by atoms with E-state index in [0.29, 0.717) is 0 Å². The molecule has 0 heterocycles. The van der Waals surface area contributed by atoms with E-state index in [-0.39, 0.29) is 16.9 Å². The molecule has 0 spiro atoms. The zero-order valence-corrected chi connectivity index (χ0v) is 8.05. The molecular formula is C12H7F3O. The van der Waals surface area contributed by atoms with Gasteiger partial charge in [0.25, 0.3) is 0 Å². The topological polar surface area (TPSA) is 20.2 Å². The third kappa shape index (κ3) is 1.74. The van der Waals surface area contributed by atoms with Gasteiger partial charge in [0, 0.05) is 5.56 Å². The van der Waals surface area contributed by atoms with Crippen LogP contribution in [0.5, 0.6) is 5.75 Å². The van der Waals surface area contributed by atoms with Gasteiger partial charge in [0.2, 0.25) is 0 Å². The molecule has 0 radical (unpaired) electrons. The highest BCUT2D eigenvalue weighted by Crippen LogP contribution is 2.27. The summed E-state index contributed by atoms with van der Waals surface area (Å²) in [5.41, 5.74) is 0.200. The van der Waals surface area contributed by atoms with Gasteiger partial charge in [-0.3, -0.25) is 0 Å². The maximum Gasteiger partial charge on any atom is 0.195 e. The summed E-state index contributed by atoms with van der Waals surface area (Å²) in [6.07, 6.45) is 0. The Kier molecular flexibility index (Phi) is 2.56. The van der Waals surface area contributed by atoms with Crippen LogP contribution in [0, 0.1) is 17.5 Å². The van der Waals surface area contributed by atoms with E-state index in [1.54, 1.807) is 0 Å². The van der Waals surface area contributed by atoms with Gasteiger partial charge in [-0.25, -0.2) is 13.2 Å². The summed E-state index contributed by atoms with van der Waals surface area (Å²) in [6.45, 7) is 0. The lowest BCUT2D eigenvalue weighted by atomic mass is 10.0. The molecule has 0 bridgehead atoms. The molecule has 2 rings (SSSR count). The summed E-state index contributed by atoms with van der Waals surface area (Å²) in [5, 5.41) is 9.20. The fourth-order valence-corrected chi connectivity index (χ4v) is 1.42. The summed E-state index contributed by atoms with van der Waals surface area (Å²) < 4.78 is 39.0. The molecule has 0 atom stereocenters. The highest BCUT2D eigenvalue weighted by Gasteiger charge is 2.14. The highest BCUT2D eigenvalue weighted by molar-refractivity contribution is 5.65. The second kappa shape index (κ2) is 3.89. The minimum Gasteiger partial charge on any atom is -0.508 e. The summed E-state index contributed by atoms with van der Waals surface area (Å²) >= 11 is 0. The van der Waals surface area contributed by atoms with Gasteiger partial charge >= 0.3 is 0 Å². The van der Waals surface area contributed by atoms with Crippen molar-refractivity contribution in [2.45, 2.75) is 0 Å². The number of aromatic hydroxyl groups is 1. The third-order valence-corrected chi connectivity index (χ3v) is 2.19. The molecule has 0 saturated carbocycles. The monoisotopic (exact) mass is 224 g/mol. The van der Waals surface area contributed by atoms with Gasteiger partial charge in [0.15, 0.2) is 17.5 Å². The number of phenolic OH excluding ortho intramolecular Hbond substituents is 1. The molecule has 0 aromatic heterocycles. The summed E-state index contributed by atoms with van der Waals surface area (Å²) in [7, 11) is 0. The standard InChI is InChI=1S/C12H7F3O/c13-10-5-4-9(11(14)12(10)15)7-2-1-3-8(16)6-7/h1-6,16H. The molecule has 0 fully saturated rings. The fraction of sp³-hybridized carbons (Fsp3) is 0. The van der Waals surface area contributed by atoms with Gasteiger partial charge in [-0.1, -0.05) is 12.1 Å². The van der Waals surface area contributed by atoms with Crippen LogP contribution in [0.15, 0.2) is 36.4 Å². The van der Waals surface area contributed by atoms with E-state index in [1.165, 1.54) is 24.3 Å². The second-order valence-corrected chi connectivity index (χ2v) is 3.27. The number of rotatable bonds is 1. The van der Waals surface area contributed by atoms with E-state index in [2.05, 4.69) is 0 Å². The Bertz CT molecular complexity index is 538. The van der Waals surface area contributed by atoms with Crippen LogP contribution < -0.4 is 0 Å². The predicted molar refractivity (Wildman–Crippen MR) is 53.4 cm³/mol. The van der Waals surface area contributed by atoms with Gasteiger partial charge in [0.05, 0.1) is 0 Å². The van der Waals surface area contributed by atoms with Crippen LogP contribution >= 0.6 is 0 Å². The SMILES string of the molecule is Oc1cccc(-c2ccc(F)c(F)c2F)c1. The van der Waals surface area contributed by atoms with E-state index < -0.39 is 17.5 Å². The molecule has 0 aliphatic rings. The van der Waals surface area contributed by atoms with E-state index >= 15 is 0 Å². The van der Waals surface area contributed by atoms with Crippen molar-refractivity contribution in [2.24, 2.45) is 0 Å². The molecule has 0 unspecified atom stereocenters. The predicted octanol–water partition coefficient (Wildman–Crippen LogP) is 3.48. The Morgan fingerprint density at radius 1 is 0.875 bits per heavy atom. The van der Waals surface area contributed by atoms with Crippen LogP contribution in [0.1, 0.15) is 0 Å². The average molecular weight is 224 g/mol. The minimum absolute atomic E-state index is 0.0679. The van der Waals surface area contributed by atoms with Gasteiger partial charge in [-0.2, -0.15) is 0 Å². The van der Waals surface area contributed by atoms with Crippen molar-refractivity contribution in [3.8, 4) is 16.9 Å². The first kappa shape index (κ1) is 10.5. The zero-order chi connectivity index (χ0) is 11.7. The molecule has 82 valence electrons. The van der Waals surface area contributed by atoms with Gasteiger partial charge < -0.3 is 5.11 Å². The van der Waals surface area contributed by atoms with E-state index in [1.807, 2.05) is 0 Å². The van der Waals surface area contributed by atoms with Gasteiger partial charge in [-0.15, -0.1) is 0 Å². The number of hydrogen-bond donors (Lipinski definition) is 1. The van der Waals surface area contributed by atoms with Crippen LogP contribution in [0.2, 0.25) is 0 Å². The fourth-order valence-electron chi connectivity index (χ4n) is 1.42. The molecular weight excluding hydrogens is 217 g/mol. The van der Waals surface area contributed by atoms with Gasteiger partial charge in [0.1, 0.15) is 5.75 Å². The third-order valence-electron chi connectivity index (χ3n) is 2.19. The zero-order valence-electron chi connectivity index (χ0n) is 8.05. The van der Waals surface area contributed by atoms with Crippen LogP contribution in [0.25, 0.3) is 11.1 Å². The van der Waals surface area contributed by atoms with Crippen molar-refractivity contribution in [2.75, 3.05) is 0 Å². The molecule has 1 nitrogen and oxygen atoms in total. The molecule has 2 aromatic rings. The van der Waals surface area contributed by atoms with E-state index in [4.69, 9.17) is 0 Å². The summed E-state index contributed by atoms with van der Waals surface area (Å²) in [5.74, 6) is -4.07.